The van der Waals surface area contributed by atoms with Crippen LogP contribution >= 0.6 is 0 Å². The highest BCUT2D eigenvalue weighted by Gasteiger charge is 2.26. The van der Waals surface area contributed by atoms with Gasteiger partial charge < -0.3 is 5.32 Å². The molecule has 5 nitrogen and oxygen atoms in total. The first kappa shape index (κ1) is 22.7. The van der Waals surface area contributed by atoms with Gasteiger partial charge >= 0.3 is 0 Å². The molecule has 0 heterocycles. The number of rotatable bonds is 10. The molecule has 0 fully saturated rings. The molecule has 0 unspecified atom stereocenters. The van der Waals surface area contributed by atoms with Crippen molar-refractivity contribution < 1.29 is 13.2 Å². The summed E-state index contributed by atoms with van der Waals surface area (Å²) in [7, 11) is -3.83. The van der Waals surface area contributed by atoms with Crippen LogP contribution in [0.4, 0.5) is 0 Å². The molecule has 3 aromatic rings. The zero-order valence-corrected chi connectivity index (χ0v) is 18.4. The van der Waals surface area contributed by atoms with Gasteiger partial charge in [-0.15, -0.1) is 0 Å². The summed E-state index contributed by atoms with van der Waals surface area (Å²) >= 11 is 0. The van der Waals surface area contributed by atoms with Crippen LogP contribution in [-0.2, 0) is 27.7 Å². The first-order valence-corrected chi connectivity index (χ1v) is 11.9. The molecule has 2 N–H and O–H groups in total. The molecular weight excluding hydrogens is 408 g/mol. The van der Waals surface area contributed by atoms with E-state index in [1.165, 1.54) is 17.7 Å². The number of benzene rings is 3. The number of amides is 1. The molecule has 3 aromatic carbocycles. The Morgan fingerprint density at radius 1 is 0.806 bits per heavy atom. The number of sulfonamides is 1. The van der Waals surface area contributed by atoms with Gasteiger partial charge in [0.05, 0.1) is 4.90 Å². The van der Waals surface area contributed by atoms with Crippen LogP contribution in [0, 0.1) is 0 Å². The minimum atomic E-state index is -3.83. The highest BCUT2D eigenvalue weighted by molar-refractivity contribution is 7.89. The van der Waals surface area contributed by atoms with Crippen molar-refractivity contribution in [1.29, 1.82) is 0 Å². The molecule has 0 spiro atoms. The van der Waals surface area contributed by atoms with Crippen molar-refractivity contribution in [1.82, 2.24) is 10.0 Å². The molecule has 0 aliphatic rings. The number of nitrogens with one attached hydrogen (secondary N) is 2. The Kier molecular flexibility index (Phi) is 7.98. The molecule has 31 heavy (non-hydrogen) atoms. The molecule has 0 saturated carbocycles. The highest BCUT2D eigenvalue weighted by atomic mass is 32.2. The number of hydrogen-bond acceptors (Lipinski definition) is 3. The van der Waals surface area contributed by atoms with Crippen molar-refractivity contribution in [3.8, 4) is 0 Å². The molecule has 0 aromatic heterocycles. The van der Waals surface area contributed by atoms with E-state index in [1.807, 2.05) is 55.5 Å². The van der Waals surface area contributed by atoms with E-state index in [4.69, 9.17) is 0 Å². The van der Waals surface area contributed by atoms with E-state index in [2.05, 4.69) is 22.2 Å². The van der Waals surface area contributed by atoms with Crippen molar-refractivity contribution in [2.24, 2.45) is 0 Å². The van der Waals surface area contributed by atoms with Crippen LogP contribution in [-0.4, -0.2) is 26.4 Å². The van der Waals surface area contributed by atoms with E-state index < -0.39 is 16.1 Å². The Balaban J connectivity index is 1.70. The maximum Gasteiger partial charge on any atom is 0.241 e. The Labute approximate surface area is 184 Å². The van der Waals surface area contributed by atoms with E-state index in [9.17, 15) is 13.2 Å². The number of carbonyl (C=O) groups excluding carboxylic acids is 1. The lowest BCUT2D eigenvalue weighted by Crippen LogP contribution is -2.50. The maximum atomic E-state index is 13.0. The summed E-state index contributed by atoms with van der Waals surface area (Å²) in [6, 6.07) is 26.6. The number of aryl methyl sites for hydroxylation is 1. The Morgan fingerprint density at radius 3 is 1.90 bits per heavy atom. The normalized spacial score (nSPS) is 13.3. The van der Waals surface area contributed by atoms with Gasteiger partial charge in [-0.1, -0.05) is 78.9 Å². The summed E-state index contributed by atoms with van der Waals surface area (Å²) in [5, 5.41) is 2.98. The first-order chi connectivity index (χ1) is 14.9. The Morgan fingerprint density at radius 2 is 1.32 bits per heavy atom. The Bertz CT molecular complexity index is 1060. The van der Waals surface area contributed by atoms with Crippen LogP contribution in [0.2, 0.25) is 0 Å². The lowest BCUT2D eigenvalue weighted by Gasteiger charge is -2.22. The second-order valence-corrected chi connectivity index (χ2v) is 9.32. The van der Waals surface area contributed by atoms with Crippen molar-refractivity contribution in [2.75, 3.05) is 0 Å². The molecule has 0 saturated heterocycles. The number of hydrogen-bond donors (Lipinski definition) is 2. The van der Waals surface area contributed by atoms with Gasteiger partial charge in [-0.2, -0.15) is 4.72 Å². The van der Waals surface area contributed by atoms with Crippen LogP contribution < -0.4 is 10.0 Å². The van der Waals surface area contributed by atoms with Gasteiger partial charge in [0, 0.05) is 6.04 Å². The quantitative estimate of drug-likeness (QED) is 0.509. The predicted molar refractivity (Wildman–Crippen MR) is 123 cm³/mol. The zero-order valence-electron chi connectivity index (χ0n) is 17.6. The van der Waals surface area contributed by atoms with E-state index in [0.717, 1.165) is 18.4 Å². The van der Waals surface area contributed by atoms with E-state index in [-0.39, 0.29) is 23.3 Å². The van der Waals surface area contributed by atoms with Gasteiger partial charge in [0.25, 0.3) is 0 Å². The minimum Gasteiger partial charge on any atom is -0.352 e. The van der Waals surface area contributed by atoms with Gasteiger partial charge in [0.2, 0.25) is 15.9 Å². The molecule has 0 bridgehead atoms. The molecule has 0 aliphatic heterocycles. The third-order valence-corrected chi connectivity index (χ3v) is 6.54. The van der Waals surface area contributed by atoms with Crippen LogP contribution in [0.25, 0.3) is 0 Å². The average molecular weight is 437 g/mol. The van der Waals surface area contributed by atoms with Crippen LogP contribution in [0.3, 0.4) is 0 Å². The molecule has 1 amide bonds. The average Bonchev–Trinajstić information content (AvgIpc) is 2.79. The van der Waals surface area contributed by atoms with Crippen molar-refractivity contribution in [3.05, 3.63) is 102 Å². The summed E-state index contributed by atoms with van der Waals surface area (Å²) in [6.07, 6.45) is 1.87. The Hall–Kier alpha value is -2.96. The van der Waals surface area contributed by atoms with Crippen molar-refractivity contribution in [3.63, 3.8) is 0 Å². The van der Waals surface area contributed by atoms with Gasteiger partial charge in [0.15, 0.2) is 0 Å². The molecule has 162 valence electrons. The third-order valence-electron chi connectivity index (χ3n) is 5.05. The maximum absolute atomic E-state index is 13.0. The second-order valence-electron chi connectivity index (χ2n) is 7.61. The van der Waals surface area contributed by atoms with Crippen LogP contribution in [0.1, 0.15) is 24.5 Å². The molecule has 3 rings (SSSR count). The lowest BCUT2D eigenvalue weighted by molar-refractivity contribution is -0.123. The molecule has 6 heteroatoms. The minimum absolute atomic E-state index is 0.0905. The van der Waals surface area contributed by atoms with E-state index in [0.29, 0.717) is 0 Å². The zero-order chi connectivity index (χ0) is 22.1. The summed E-state index contributed by atoms with van der Waals surface area (Å²) < 4.78 is 28.3. The third kappa shape index (κ3) is 7.05. The van der Waals surface area contributed by atoms with Gasteiger partial charge in [0.1, 0.15) is 6.04 Å². The van der Waals surface area contributed by atoms with E-state index in [1.54, 1.807) is 18.2 Å². The van der Waals surface area contributed by atoms with Crippen molar-refractivity contribution >= 4 is 15.9 Å². The van der Waals surface area contributed by atoms with Gasteiger partial charge in [-0.25, -0.2) is 8.42 Å². The topological polar surface area (TPSA) is 75.3 Å². The molecule has 2 atom stereocenters. The van der Waals surface area contributed by atoms with Crippen LogP contribution in [0.15, 0.2) is 95.9 Å². The molecule has 0 aliphatic carbocycles. The summed E-state index contributed by atoms with van der Waals surface area (Å²) in [5.74, 6) is -0.330. The molecular formula is C25H28N2O3S. The van der Waals surface area contributed by atoms with Gasteiger partial charge in [-0.05, 0) is 49.4 Å². The lowest BCUT2D eigenvalue weighted by atomic mass is 10.0. The highest BCUT2D eigenvalue weighted by Crippen LogP contribution is 2.12. The van der Waals surface area contributed by atoms with Crippen molar-refractivity contribution in [2.45, 2.75) is 43.2 Å². The standard InChI is InChI=1S/C25H28N2O3S/c1-20(17-18-21-11-5-2-6-12-21)26-25(28)24(19-22-13-7-3-8-14-22)27-31(29,30)23-15-9-4-10-16-23/h2-16,20,24,27H,17-19H2,1H3,(H,26,28)/t20-,24+/m1/s1. The predicted octanol–water partition coefficient (Wildman–Crippen LogP) is 3.71. The smallest absolute Gasteiger partial charge is 0.241 e. The summed E-state index contributed by atoms with van der Waals surface area (Å²) in [6.45, 7) is 1.94. The fourth-order valence-electron chi connectivity index (χ4n) is 3.34. The van der Waals surface area contributed by atoms with E-state index >= 15 is 0 Å². The second kappa shape index (κ2) is 10.9. The number of carbonyl (C=O) groups is 1. The van der Waals surface area contributed by atoms with Crippen LogP contribution in [0.5, 0.6) is 0 Å². The fraction of sp³-hybridized carbons (Fsp3) is 0.240. The SMILES string of the molecule is C[C@H](CCc1ccccc1)NC(=O)[C@H](Cc1ccccc1)NS(=O)(=O)c1ccccc1. The fourth-order valence-corrected chi connectivity index (χ4v) is 4.55. The summed E-state index contributed by atoms with van der Waals surface area (Å²) in [5.41, 5.74) is 2.09. The summed E-state index contributed by atoms with van der Waals surface area (Å²) in [4.78, 5) is 13.2. The molecule has 0 radical (unpaired) electrons. The van der Waals surface area contributed by atoms with Gasteiger partial charge in [-0.3, -0.25) is 4.79 Å². The first-order valence-electron chi connectivity index (χ1n) is 10.4. The largest absolute Gasteiger partial charge is 0.352 e. The monoisotopic (exact) mass is 436 g/mol.